The fourth-order valence-electron chi connectivity index (χ4n) is 2.90. The number of nitrogens with one attached hydrogen (secondary N) is 1. The molecule has 1 N–H and O–H groups in total. The summed E-state index contributed by atoms with van der Waals surface area (Å²) in [5, 5.41) is 14.9. The number of rotatable bonds is 5. The molecule has 0 saturated carbocycles. The molecule has 0 radical (unpaired) electrons. The van der Waals surface area contributed by atoms with E-state index < -0.39 is 5.91 Å². The molecule has 1 aromatic carbocycles. The van der Waals surface area contributed by atoms with Crippen LogP contribution in [0.25, 0.3) is 17.2 Å². The van der Waals surface area contributed by atoms with Gasteiger partial charge in [0.25, 0.3) is 11.7 Å². The van der Waals surface area contributed by atoms with E-state index >= 15 is 0 Å². The smallest absolute Gasteiger partial charge is 0.274 e. The minimum absolute atomic E-state index is 0.132. The highest BCUT2D eigenvalue weighted by Crippen LogP contribution is 2.30. The van der Waals surface area contributed by atoms with Crippen molar-refractivity contribution in [1.29, 1.82) is 0 Å². The SMILES string of the molecule is COc1ccc(-c2nnc(C)o2)cc1NC(=O)c1cc(C(C)C)n2ncnc2n1. The Bertz CT molecular complexity index is 1200. The number of hydrogen-bond donors (Lipinski definition) is 1. The number of aromatic nitrogens is 6. The van der Waals surface area contributed by atoms with Gasteiger partial charge in [-0.25, -0.2) is 9.50 Å². The fraction of sp³-hybridized carbons (Fsp3) is 0.263. The van der Waals surface area contributed by atoms with Gasteiger partial charge in [-0.3, -0.25) is 4.79 Å². The molecule has 148 valence electrons. The molecule has 0 unspecified atom stereocenters. The average Bonchev–Trinajstić information content (AvgIpc) is 3.35. The van der Waals surface area contributed by atoms with Crippen LogP contribution in [0, 0.1) is 6.92 Å². The molecule has 0 aliphatic heterocycles. The van der Waals surface area contributed by atoms with E-state index in [1.807, 2.05) is 13.8 Å². The Hall–Kier alpha value is -3.82. The molecule has 29 heavy (non-hydrogen) atoms. The molecule has 0 aliphatic rings. The molecule has 3 heterocycles. The summed E-state index contributed by atoms with van der Waals surface area (Å²) in [7, 11) is 1.53. The first kappa shape index (κ1) is 18.5. The van der Waals surface area contributed by atoms with Gasteiger partial charge in [-0.05, 0) is 30.2 Å². The number of amides is 1. The number of methoxy groups -OCH3 is 1. The van der Waals surface area contributed by atoms with Crippen LogP contribution in [0.4, 0.5) is 5.69 Å². The Morgan fingerprint density at radius 3 is 2.76 bits per heavy atom. The summed E-state index contributed by atoms with van der Waals surface area (Å²) in [6, 6.07) is 6.92. The number of benzene rings is 1. The summed E-state index contributed by atoms with van der Waals surface area (Å²) in [6.07, 6.45) is 1.41. The van der Waals surface area contributed by atoms with Gasteiger partial charge in [0.05, 0.1) is 18.5 Å². The molecular formula is C19H19N7O3. The van der Waals surface area contributed by atoms with Crippen LogP contribution in [0.2, 0.25) is 0 Å². The molecule has 0 saturated heterocycles. The lowest BCUT2D eigenvalue weighted by Gasteiger charge is -2.12. The van der Waals surface area contributed by atoms with Gasteiger partial charge in [0.15, 0.2) is 0 Å². The first-order valence-electron chi connectivity index (χ1n) is 8.97. The van der Waals surface area contributed by atoms with Crippen molar-refractivity contribution in [2.45, 2.75) is 26.7 Å². The monoisotopic (exact) mass is 393 g/mol. The van der Waals surface area contributed by atoms with Crippen LogP contribution >= 0.6 is 0 Å². The van der Waals surface area contributed by atoms with Crippen LogP contribution in [-0.4, -0.2) is 42.8 Å². The second-order valence-electron chi connectivity index (χ2n) is 6.69. The number of nitrogens with zero attached hydrogens (tertiary/aromatic N) is 6. The summed E-state index contributed by atoms with van der Waals surface area (Å²) in [4.78, 5) is 21.4. The molecule has 4 aromatic rings. The Morgan fingerprint density at radius 1 is 1.24 bits per heavy atom. The summed E-state index contributed by atoms with van der Waals surface area (Å²) in [5.74, 6) is 1.40. The second kappa shape index (κ2) is 7.30. The van der Waals surface area contributed by atoms with Crippen molar-refractivity contribution < 1.29 is 13.9 Å². The molecule has 0 atom stereocenters. The zero-order chi connectivity index (χ0) is 20.5. The molecule has 0 bridgehead atoms. The Kier molecular flexibility index (Phi) is 4.67. The van der Waals surface area contributed by atoms with E-state index in [0.717, 1.165) is 5.69 Å². The largest absolute Gasteiger partial charge is 0.495 e. The van der Waals surface area contributed by atoms with Crippen LogP contribution in [0.5, 0.6) is 5.75 Å². The van der Waals surface area contributed by atoms with Crippen LogP contribution < -0.4 is 10.1 Å². The lowest BCUT2D eigenvalue weighted by molar-refractivity contribution is 0.102. The van der Waals surface area contributed by atoms with E-state index in [1.165, 1.54) is 13.4 Å². The maximum absolute atomic E-state index is 12.9. The van der Waals surface area contributed by atoms with Crippen molar-refractivity contribution in [2.24, 2.45) is 0 Å². The summed E-state index contributed by atoms with van der Waals surface area (Å²) >= 11 is 0. The van der Waals surface area contributed by atoms with Gasteiger partial charge < -0.3 is 14.5 Å². The zero-order valence-corrected chi connectivity index (χ0v) is 16.4. The Morgan fingerprint density at radius 2 is 2.07 bits per heavy atom. The number of fused-ring (bicyclic) bond motifs is 1. The number of hydrogen-bond acceptors (Lipinski definition) is 8. The quantitative estimate of drug-likeness (QED) is 0.549. The topological polar surface area (TPSA) is 120 Å². The lowest BCUT2D eigenvalue weighted by Crippen LogP contribution is -2.17. The third-order valence-corrected chi connectivity index (χ3v) is 4.32. The van der Waals surface area contributed by atoms with Gasteiger partial charge >= 0.3 is 0 Å². The fourth-order valence-corrected chi connectivity index (χ4v) is 2.90. The van der Waals surface area contributed by atoms with E-state index in [2.05, 4.69) is 30.6 Å². The maximum atomic E-state index is 12.9. The van der Waals surface area contributed by atoms with Gasteiger partial charge in [0, 0.05) is 12.5 Å². The summed E-state index contributed by atoms with van der Waals surface area (Å²) < 4.78 is 12.5. The van der Waals surface area contributed by atoms with E-state index in [0.29, 0.717) is 34.6 Å². The van der Waals surface area contributed by atoms with E-state index in [4.69, 9.17) is 9.15 Å². The molecule has 0 fully saturated rings. The van der Waals surface area contributed by atoms with Crippen LogP contribution in [-0.2, 0) is 0 Å². The van der Waals surface area contributed by atoms with Crippen molar-refractivity contribution in [1.82, 2.24) is 29.8 Å². The number of anilines is 1. The highest BCUT2D eigenvalue weighted by molar-refractivity contribution is 6.04. The predicted octanol–water partition coefficient (Wildman–Crippen LogP) is 2.87. The highest BCUT2D eigenvalue weighted by Gasteiger charge is 2.18. The van der Waals surface area contributed by atoms with E-state index in [1.54, 1.807) is 35.7 Å². The lowest BCUT2D eigenvalue weighted by atomic mass is 10.1. The highest BCUT2D eigenvalue weighted by atomic mass is 16.5. The number of carbonyl (C=O) groups excluding carboxylic acids is 1. The summed E-state index contributed by atoms with van der Waals surface area (Å²) in [5.41, 5.74) is 2.18. The second-order valence-corrected chi connectivity index (χ2v) is 6.69. The van der Waals surface area contributed by atoms with Crippen molar-refractivity contribution >= 4 is 17.4 Å². The molecule has 3 aromatic heterocycles. The minimum Gasteiger partial charge on any atom is -0.495 e. The Balaban J connectivity index is 1.70. The van der Waals surface area contributed by atoms with Crippen LogP contribution in [0.3, 0.4) is 0 Å². The standard InChI is InChI=1S/C19H19N7O3/c1-10(2)15-8-14(23-19-20-9-21-26(15)19)17(27)22-13-7-12(5-6-16(13)28-4)18-25-24-11(3)29-18/h5-10H,1-4H3,(H,22,27). The number of aryl methyl sites for hydroxylation is 1. The van der Waals surface area contributed by atoms with Crippen LogP contribution in [0.15, 0.2) is 35.0 Å². The molecule has 10 nitrogen and oxygen atoms in total. The van der Waals surface area contributed by atoms with Gasteiger partial charge in [0.1, 0.15) is 17.8 Å². The van der Waals surface area contributed by atoms with Crippen molar-refractivity contribution in [2.75, 3.05) is 12.4 Å². The molecule has 10 heteroatoms. The normalized spacial score (nSPS) is 11.2. The van der Waals surface area contributed by atoms with Crippen molar-refractivity contribution in [3.05, 3.63) is 47.9 Å². The van der Waals surface area contributed by atoms with Crippen molar-refractivity contribution in [3.8, 4) is 17.2 Å². The number of carbonyl (C=O) groups is 1. The van der Waals surface area contributed by atoms with Gasteiger partial charge in [0.2, 0.25) is 11.8 Å². The van der Waals surface area contributed by atoms with Gasteiger partial charge in [-0.15, -0.1) is 10.2 Å². The predicted molar refractivity (Wildman–Crippen MR) is 104 cm³/mol. The van der Waals surface area contributed by atoms with Crippen LogP contribution in [0.1, 0.15) is 41.8 Å². The number of ether oxygens (including phenoxy) is 1. The van der Waals surface area contributed by atoms with E-state index in [9.17, 15) is 4.79 Å². The van der Waals surface area contributed by atoms with Gasteiger partial charge in [-0.1, -0.05) is 13.8 Å². The van der Waals surface area contributed by atoms with E-state index in [-0.39, 0.29) is 11.6 Å². The molecule has 4 rings (SSSR count). The summed E-state index contributed by atoms with van der Waals surface area (Å²) in [6.45, 7) is 5.73. The molecule has 0 spiro atoms. The van der Waals surface area contributed by atoms with Gasteiger partial charge in [-0.2, -0.15) is 10.1 Å². The molecule has 0 aliphatic carbocycles. The first-order chi connectivity index (χ1) is 14.0. The Labute approximate surface area is 166 Å². The molecular weight excluding hydrogens is 374 g/mol. The zero-order valence-electron chi connectivity index (χ0n) is 16.4. The average molecular weight is 393 g/mol. The third kappa shape index (κ3) is 3.51. The van der Waals surface area contributed by atoms with Crippen molar-refractivity contribution in [3.63, 3.8) is 0 Å². The maximum Gasteiger partial charge on any atom is 0.274 e. The third-order valence-electron chi connectivity index (χ3n) is 4.32. The first-order valence-corrected chi connectivity index (χ1v) is 8.97. The minimum atomic E-state index is -0.394. The molecule has 1 amide bonds.